The van der Waals surface area contributed by atoms with E-state index >= 15 is 0 Å². The fraction of sp³-hybridized carbons (Fsp3) is 0.333. The van der Waals surface area contributed by atoms with Crippen molar-refractivity contribution >= 4 is 0 Å². The van der Waals surface area contributed by atoms with Gasteiger partial charge in [0.15, 0.2) is 0 Å². The molecule has 0 radical (unpaired) electrons. The fourth-order valence-electron chi connectivity index (χ4n) is 0.267. The van der Waals surface area contributed by atoms with Gasteiger partial charge in [-0.05, 0) is 6.42 Å². The second-order valence-electron chi connectivity index (χ2n) is 1.33. The molecule has 0 aliphatic heterocycles. The van der Waals surface area contributed by atoms with Crippen LogP contribution in [0.1, 0.15) is 6.42 Å². The van der Waals surface area contributed by atoms with Gasteiger partial charge in [0.05, 0.1) is 6.10 Å². The Morgan fingerprint density at radius 1 is 1.57 bits per heavy atom. The lowest BCUT2D eigenvalue weighted by Gasteiger charge is -1.95. The standard InChI is InChI=1S/C6H10O/c1-3-5-6(7)4-2/h3-4,6-7H,1-2,5H2/t6-/m1/s1. The smallest absolute Gasteiger partial charge is 0.0752 e. The van der Waals surface area contributed by atoms with Gasteiger partial charge in [0.2, 0.25) is 0 Å². The van der Waals surface area contributed by atoms with Crippen molar-refractivity contribution in [2.75, 3.05) is 0 Å². The van der Waals surface area contributed by atoms with Crippen LogP contribution < -0.4 is 0 Å². The normalized spacial score (nSPS) is 12.7. The van der Waals surface area contributed by atoms with Gasteiger partial charge in [0.25, 0.3) is 0 Å². The van der Waals surface area contributed by atoms with Crippen LogP contribution in [0.3, 0.4) is 0 Å². The van der Waals surface area contributed by atoms with Gasteiger partial charge in [-0.25, -0.2) is 0 Å². The largest absolute Gasteiger partial charge is 0.389 e. The van der Waals surface area contributed by atoms with Crippen LogP contribution in [0.25, 0.3) is 0 Å². The predicted octanol–water partition coefficient (Wildman–Crippen LogP) is 1.11. The summed E-state index contributed by atoms with van der Waals surface area (Å²) < 4.78 is 0. The van der Waals surface area contributed by atoms with Crippen molar-refractivity contribution in [2.24, 2.45) is 0 Å². The Bertz CT molecular complexity index is 66.6. The number of hydrogen-bond donors (Lipinski definition) is 1. The van der Waals surface area contributed by atoms with Gasteiger partial charge in [-0.3, -0.25) is 0 Å². The minimum absolute atomic E-state index is 0.405. The number of aliphatic hydroxyl groups is 1. The summed E-state index contributed by atoms with van der Waals surface area (Å²) in [6.07, 6.45) is 3.34. The predicted molar refractivity (Wildman–Crippen MR) is 31.0 cm³/mol. The first kappa shape index (κ1) is 6.44. The van der Waals surface area contributed by atoms with Crippen molar-refractivity contribution in [1.82, 2.24) is 0 Å². The van der Waals surface area contributed by atoms with E-state index in [2.05, 4.69) is 13.2 Å². The van der Waals surface area contributed by atoms with Crippen molar-refractivity contribution in [2.45, 2.75) is 12.5 Å². The Hall–Kier alpha value is -0.560. The maximum atomic E-state index is 8.67. The Kier molecular flexibility index (Phi) is 3.33. The van der Waals surface area contributed by atoms with Crippen molar-refractivity contribution in [1.29, 1.82) is 0 Å². The van der Waals surface area contributed by atoms with Crippen molar-refractivity contribution < 1.29 is 5.11 Å². The summed E-state index contributed by atoms with van der Waals surface area (Å²) in [5.74, 6) is 0. The van der Waals surface area contributed by atoms with Crippen LogP contribution >= 0.6 is 0 Å². The number of rotatable bonds is 3. The molecule has 0 aliphatic carbocycles. The second-order valence-corrected chi connectivity index (χ2v) is 1.33. The molecule has 1 nitrogen and oxygen atoms in total. The lowest BCUT2D eigenvalue weighted by molar-refractivity contribution is 0.227. The van der Waals surface area contributed by atoms with E-state index < -0.39 is 6.10 Å². The zero-order chi connectivity index (χ0) is 5.70. The van der Waals surface area contributed by atoms with Gasteiger partial charge in [-0.1, -0.05) is 12.2 Å². The molecule has 1 atom stereocenters. The van der Waals surface area contributed by atoms with Crippen LogP contribution in [0.2, 0.25) is 0 Å². The molecule has 0 aliphatic rings. The molecule has 0 aromatic rings. The van der Waals surface area contributed by atoms with Crippen LogP contribution in [0.4, 0.5) is 0 Å². The van der Waals surface area contributed by atoms with E-state index in [4.69, 9.17) is 5.11 Å². The molecule has 0 bridgehead atoms. The van der Waals surface area contributed by atoms with Gasteiger partial charge in [0.1, 0.15) is 0 Å². The highest BCUT2D eigenvalue weighted by molar-refractivity contribution is 4.84. The highest BCUT2D eigenvalue weighted by atomic mass is 16.3. The summed E-state index contributed by atoms with van der Waals surface area (Å²) in [6, 6.07) is 0. The molecular weight excluding hydrogens is 88.1 g/mol. The quantitative estimate of drug-likeness (QED) is 0.524. The molecule has 0 saturated heterocycles. The van der Waals surface area contributed by atoms with E-state index in [0.717, 1.165) is 0 Å². The first-order chi connectivity index (χ1) is 3.31. The molecule has 40 valence electrons. The van der Waals surface area contributed by atoms with E-state index in [1.54, 1.807) is 6.08 Å². The average molecular weight is 98.1 g/mol. The molecular formula is C6H10O. The Morgan fingerprint density at radius 2 is 2.14 bits per heavy atom. The molecule has 0 rings (SSSR count). The summed E-state index contributed by atoms with van der Waals surface area (Å²) in [4.78, 5) is 0. The lowest BCUT2D eigenvalue weighted by Crippen LogP contribution is -1.96. The Balaban J connectivity index is 3.15. The molecule has 0 aromatic heterocycles. The summed E-state index contributed by atoms with van der Waals surface area (Å²) in [5.41, 5.74) is 0. The summed E-state index contributed by atoms with van der Waals surface area (Å²) >= 11 is 0. The van der Waals surface area contributed by atoms with E-state index in [-0.39, 0.29) is 0 Å². The molecule has 0 heterocycles. The maximum Gasteiger partial charge on any atom is 0.0752 e. The highest BCUT2D eigenvalue weighted by Crippen LogP contribution is 1.89. The summed E-state index contributed by atoms with van der Waals surface area (Å²) in [7, 11) is 0. The highest BCUT2D eigenvalue weighted by Gasteiger charge is 1.88. The van der Waals surface area contributed by atoms with Crippen LogP contribution in [0.5, 0.6) is 0 Å². The van der Waals surface area contributed by atoms with Crippen molar-refractivity contribution in [3.05, 3.63) is 25.3 Å². The van der Waals surface area contributed by atoms with Gasteiger partial charge in [-0.2, -0.15) is 0 Å². The second kappa shape index (κ2) is 3.62. The van der Waals surface area contributed by atoms with E-state index in [1.165, 1.54) is 6.08 Å². The third kappa shape index (κ3) is 3.27. The number of aliphatic hydroxyl groups excluding tert-OH is 1. The molecule has 0 aromatic carbocycles. The zero-order valence-electron chi connectivity index (χ0n) is 4.30. The van der Waals surface area contributed by atoms with Crippen LogP contribution in [-0.4, -0.2) is 11.2 Å². The first-order valence-corrected chi connectivity index (χ1v) is 2.22. The topological polar surface area (TPSA) is 20.2 Å². The molecule has 0 spiro atoms. The molecule has 0 fully saturated rings. The van der Waals surface area contributed by atoms with E-state index in [0.29, 0.717) is 6.42 Å². The van der Waals surface area contributed by atoms with E-state index in [9.17, 15) is 0 Å². The Labute approximate surface area is 44.0 Å². The number of hydrogen-bond acceptors (Lipinski definition) is 1. The molecule has 0 unspecified atom stereocenters. The van der Waals surface area contributed by atoms with Gasteiger partial charge in [-0.15, -0.1) is 13.2 Å². The third-order valence-electron chi connectivity index (χ3n) is 0.680. The molecule has 0 saturated carbocycles. The van der Waals surface area contributed by atoms with Gasteiger partial charge >= 0.3 is 0 Å². The molecule has 7 heavy (non-hydrogen) atoms. The van der Waals surface area contributed by atoms with Crippen molar-refractivity contribution in [3.63, 3.8) is 0 Å². The summed E-state index contributed by atoms with van der Waals surface area (Å²) in [6.45, 7) is 6.82. The monoisotopic (exact) mass is 98.1 g/mol. The zero-order valence-corrected chi connectivity index (χ0v) is 4.30. The van der Waals surface area contributed by atoms with Gasteiger partial charge in [0, 0.05) is 0 Å². The maximum absolute atomic E-state index is 8.67. The minimum Gasteiger partial charge on any atom is -0.389 e. The van der Waals surface area contributed by atoms with Crippen LogP contribution in [0.15, 0.2) is 25.3 Å². The van der Waals surface area contributed by atoms with Crippen molar-refractivity contribution in [3.8, 4) is 0 Å². The minimum atomic E-state index is -0.405. The average Bonchev–Trinajstić information content (AvgIpc) is 1.68. The van der Waals surface area contributed by atoms with E-state index in [1.807, 2.05) is 0 Å². The van der Waals surface area contributed by atoms with Crippen LogP contribution in [0, 0.1) is 0 Å². The molecule has 1 N–H and O–H groups in total. The molecule has 0 amide bonds. The SMILES string of the molecule is C=CC[C@H](O)C=C. The summed E-state index contributed by atoms with van der Waals surface area (Å²) in [5, 5.41) is 8.67. The fourth-order valence-corrected chi connectivity index (χ4v) is 0.267. The van der Waals surface area contributed by atoms with Crippen LogP contribution in [-0.2, 0) is 0 Å². The third-order valence-corrected chi connectivity index (χ3v) is 0.680. The first-order valence-electron chi connectivity index (χ1n) is 2.22. The lowest BCUT2D eigenvalue weighted by atomic mass is 10.2. The molecule has 1 heteroatoms. The Morgan fingerprint density at radius 3 is 2.29 bits per heavy atom. The van der Waals surface area contributed by atoms with Gasteiger partial charge < -0.3 is 5.11 Å².